The van der Waals surface area contributed by atoms with Gasteiger partial charge >= 0.3 is 0 Å². The first-order chi connectivity index (χ1) is 13.6. The molecule has 144 valence electrons. The van der Waals surface area contributed by atoms with E-state index in [0.717, 1.165) is 12.0 Å². The lowest BCUT2D eigenvalue weighted by atomic mass is 10.1. The number of carbonyl (C=O) groups excluding carboxylic acids is 1. The van der Waals surface area contributed by atoms with Crippen LogP contribution in [0.5, 0.6) is 0 Å². The number of rotatable bonds is 5. The third-order valence-electron chi connectivity index (χ3n) is 4.66. The van der Waals surface area contributed by atoms with Gasteiger partial charge in [-0.1, -0.05) is 41.6 Å². The van der Waals surface area contributed by atoms with Gasteiger partial charge in [0.05, 0.1) is 5.69 Å². The van der Waals surface area contributed by atoms with E-state index in [9.17, 15) is 9.59 Å². The van der Waals surface area contributed by atoms with Crippen molar-refractivity contribution in [3.05, 3.63) is 63.0 Å². The standard InChI is InChI=1S/C19H18ClN5O2S/c1-28-19-21-8-7-14(23-19)16-15(18(27)25-10-4-9-24(16)25)17(26)22-11-12-5-2-3-6-13(12)20/h2-3,5-8H,4,9-11H2,1H3,(H,22,26). The lowest BCUT2D eigenvalue weighted by molar-refractivity contribution is 0.0950. The summed E-state index contributed by atoms with van der Waals surface area (Å²) < 4.78 is 3.46. The Morgan fingerprint density at radius 2 is 2.04 bits per heavy atom. The van der Waals surface area contributed by atoms with Crippen LogP contribution >= 0.6 is 23.4 Å². The Kier molecular flexibility index (Phi) is 5.23. The Morgan fingerprint density at radius 3 is 2.82 bits per heavy atom. The fourth-order valence-electron chi connectivity index (χ4n) is 3.36. The van der Waals surface area contributed by atoms with Gasteiger partial charge in [-0.25, -0.2) is 14.6 Å². The molecule has 4 rings (SSSR count). The molecule has 1 N–H and O–H groups in total. The highest BCUT2D eigenvalue weighted by atomic mass is 35.5. The average molecular weight is 416 g/mol. The predicted molar refractivity (Wildman–Crippen MR) is 109 cm³/mol. The van der Waals surface area contributed by atoms with Gasteiger partial charge < -0.3 is 5.32 Å². The second kappa shape index (κ2) is 7.81. The van der Waals surface area contributed by atoms with E-state index in [-0.39, 0.29) is 17.7 Å². The SMILES string of the molecule is CSc1nccc(-c2c(C(=O)NCc3ccccc3Cl)c(=O)n3n2CCC3)n1. The van der Waals surface area contributed by atoms with Crippen molar-refractivity contribution >= 4 is 29.3 Å². The Balaban J connectivity index is 1.73. The molecule has 2 aromatic heterocycles. The van der Waals surface area contributed by atoms with Crippen LogP contribution in [0.4, 0.5) is 0 Å². The zero-order valence-electron chi connectivity index (χ0n) is 15.2. The van der Waals surface area contributed by atoms with Gasteiger partial charge in [-0.2, -0.15) is 0 Å². The monoisotopic (exact) mass is 415 g/mol. The molecule has 0 saturated carbocycles. The van der Waals surface area contributed by atoms with Crippen molar-refractivity contribution in [3.63, 3.8) is 0 Å². The van der Waals surface area contributed by atoms with Crippen molar-refractivity contribution in [3.8, 4) is 11.4 Å². The molecule has 1 aromatic carbocycles. The first-order valence-electron chi connectivity index (χ1n) is 8.82. The van der Waals surface area contributed by atoms with Gasteiger partial charge in [-0.3, -0.25) is 14.3 Å². The van der Waals surface area contributed by atoms with Crippen LogP contribution in [0, 0.1) is 0 Å². The molecular weight excluding hydrogens is 398 g/mol. The van der Waals surface area contributed by atoms with Crippen LogP contribution < -0.4 is 10.9 Å². The van der Waals surface area contributed by atoms with Gasteiger partial charge in [0.1, 0.15) is 11.3 Å². The van der Waals surface area contributed by atoms with Crippen molar-refractivity contribution in [1.82, 2.24) is 24.6 Å². The summed E-state index contributed by atoms with van der Waals surface area (Å²) in [6.45, 7) is 1.49. The Hall–Kier alpha value is -2.58. The van der Waals surface area contributed by atoms with E-state index in [4.69, 9.17) is 11.6 Å². The molecule has 0 bridgehead atoms. The zero-order valence-corrected chi connectivity index (χ0v) is 16.8. The summed E-state index contributed by atoms with van der Waals surface area (Å²) in [6.07, 6.45) is 4.38. The molecule has 0 fully saturated rings. The molecule has 3 aromatic rings. The van der Waals surface area contributed by atoms with Gasteiger partial charge in [-0.15, -0.1) is 0 Å². The summed E-state index contributed by atoms with van der Waals surface area (Å²) in [5.41, 5.74) is 1.71. The van der Waals surface area contributed by atoms with Crippen molar-refractivity contribution in [2.24, 2.45) is 0 Å². The molecule has 1 aliphatic rings. The van der Waals surface area contributed by atoms with Crippen molar-refractivity contribution in [2.75, 3.05) is 6.26 Å². The third kappa shape index (κ3) is 3.33. The molecule has 0 saturated heterocycles. The molecule has 7 nitrogen and oxygen atoms in total. The van der Waals surface area contributed by atoms with Crippen molar-refractivity contribution < 1.29 is 4.79 Å². The fourth-order valence-corrected chi connectivity index (χ4v) is 3.91. The second-order valence-electron chi connectivity index (χ2n) is 6.33. The number of nitrogens with one attached hydrogen (secondary N) is 1. The molecule has 9 heteroatoms. The molecular formula is C19H18ClN5O2S. The molecule has 0 atom stereocenters. The van der Waals surface area contributed by atoms with Crippen LogP contribution in [0.3, 0.4) is 0 Å². The minimum Gasteiger partial charge on any atom is -0.348 e. The second-order valence-corrected chi connectivity index (χ2v) is 7.51. The highest BCUT2D eigenvalue weighted by Gasteiger charge is 2.29. The maximum absolute atomic E-state index is 13.0. The summed E-state index contributed by atoms with van der Waals surface area (Å²) in [5.74, 6) is -0.432. The number of halogens is 1. The van der Waals surface area contributed by atoms with E-state index >= 15 is 0 Å². The highest BCUT2D eigenvalue weighted by molar-refractivity contribution is 7.98. The molecule has 3 heterocycles. The fraction of sp³-hybridized carbons (Fsp3) is 0.263. The number of nitrogens with zero attached hydrogens (tertiary/aromatic N) is 4. The lowest BCUT2D eigenvalue weighted by Crippen LogP contribution is -2.29. The maximum atomic E-state index is 13.0. The van der Waals surface area contributed by atoms with Crippen LogP contribution in [-0.4, -0.2) is 31.5 Å². The quantitative estimate of drug-likeness (QED) is 0.512. The number of benzene rings is 1. The van der Waals surface area contributed by atoms with Gasteiger partial charge in [0.2, 0.25) is 0 Å². The van der Waals surface area contributed by atoms with E-state index in [0.29, 0.717) is 34.7 Å². The molecule has 0 aliphatic carbocycles. The van der Waals surface area contributed by atoms with Crippen LogP contribution in [0.15, 0.2) is 46.5 Å². The van der Waals surface area contributed by atoms with Crippen LogP contribution in [-0.2, 0) is 19.6 Å². The number of carbonyl (C=O) groups is 1. The first kappa shape index (κ1) is 18.8. The minimum absolute atomic E-state index is 0.109. The van der Waals surface area contributed by atoms with E-state index in [1.807, 2.05) is 29.1 Å². The number of aromatic nitrogens is 4. The topological polar surface area (TPSA) is 81.8 Å². The molecule has 28 heavy (non-hydrogen) atoms. The van der Waals surface area contributed by atoms with Crippen LogP contribution in [0.2, 0.25) is 5.02 Å². The molecule has 0 radical (unpaired) electrons. The van der Waals surface area contributed by atoms with E-state index in [2.05, 4.69) is 15.3 Å². The lowest BCUT2D eigenvalue weighted by Gasteiger charge is -2.09. The van der Waals surface area contributed by atoms with Gasteiger partial charge in [0.15, 0.2) is 5.16 Å². The van der Waals surface area contributed by atoms with Crippen LogP contribution in [0.25, 0.3) is 11.4 Å². The number of amides is 1. The summed E-state index contributed by atoms with van der Waals surface area (Å²) in [4.78, 5) is 34.6. The minimum atomic E-state index is -0.432. The summed E-state index contributed by atoms with van der Waals surface area (Å²) in [5, 5.41) is 3.98. The summed E-state index contributed by atoms with van der Waals surface area (Å²) in [6, 6.07) is 9.01. The first-order valence-corrected chi connectivity index (χ1v) is 10.4. The highest BCUT2D eigenvalue weighted by Crippen LogP contribution is 2.25. The number of hydrogen-bond donors (Lipinski definition) is 1. The smallest absolute Gasteiger partial charge is 0.280 e. The molecule has 0 unspecified atom stereocenters. The Labute approximate surface area is 170 Å². The predicted octanol–water partition coefficient (Wildman–Crippen LogP) is 2.82. The Bertz CT molecular complexity index is 1110. The van der Waals surface area contributed by atoms with E-state index in [1.54, 1.807) is 23.0 Å². The van der Waals surface area contributed by atoms with Gasteiger partial charge in [-0.05, 0) is 30.4 Å². The molecule has 1 amide bonds. The van der Waals surface area contributed by atoms with Crippen LogP contribution in [0.1, 0.15) is 22.3 Å². The number of hydrogen-bond acceptors (Lipinski definition) is 5. The van der Waals surface area contributed by atoms with E-state index < -0.39 is 5.91 Å². The van der Waals surface area contributed by atoms with Crippen molar-refractivity contribution in [2.45, 2.75) is 31.2 Å². The molecule has 1 aliphatic heterocycles. The zero-order chi connectivity index (χ0) is 19.7. The third-order valence-corrected chi connectivity index (χ3v) is 5.59. The largest absolute Gasteiger partial charge is 0.348 e. The Morgan fingerprint density at radius 1 is 1.25 bits per heavy atom. The number of fused-ring (bicyclic) bond motifs is 1. The number of thioether (sulfide) groups is 1. The van der Waals surface area contributed by atoms with Crippen molar-refractivity contribution in [1.29, 1.82) is 0 Å². The van der Waals surface area contributed by atoms with Gasteiger partial charge in [0, 0.05) is 30.9 Å². The molecule has 0 spiro atoms. The normalized spacial score (nSPS) is 12.8. The maximum Gasteiger partial charge on any atom is 0.280 e. The van der Waals surface area contributed by atoms with E-state index in [1.165, 1.54) is 11.8 Å². The average Bonchev–Trinajstić information content (AvgIpc) is 3.29. The summed E-state index contributed by atoms with van der Waals surface area (Å²) in [7, 11) is 0. The summed E-state index contributed by atoms with van der Waals surface area (Å²) >= 11 is 7.58. The van der Waals surface area contributed by atoms with Gasteiger partial charge in [0.25, 0.3) is 11.5 Å².